The summed E-state index contributed by atoms with van der Waals surface area (Å²) in [5, 5.41) is 15.8. The fourth-order valence-electron chi connectivity index (χ4n) is 6.37. The number of nitrogens with zero attached hydrogens (tertiary/aromatic N) is 3. The number of benzene rings is 3. The van der Waals surface area contributed by atoms with Crippen LogP contribution in [0.1, 0.15) is 49.0 Å². The van der Waals surface area contributed by atoms with Gasteiger partial charge in [0.25, 0.3) is 0 Å². The van der Waals surface area contributed by atoms with Crippen molar-refractivity contribution in [3.63, 3.8) is 0 Å². The predicted molar refractivity (Wildman–Crippen MR) is 175 cm³/mol. The van der Waals surface area contributed by atoms with Gasteiger partial charge in [-0.2, -0.15) is 5.10 Å². The van der Waals surface area contributed by atoms with Crippen molar-refractivity contribution in [3.8, 4) is 5.75 Å². The van der Waals surface area contributed by atoms with Crippen LogP contribution in [0.25, 0.3) is 0 Å². The number of fused-ring (bicyclic) bond motifs is 1. The number of ether oxygens (including phenoxy) is 2. The molecule has 0 saturated carbocycles. The second-order valence-corrected chi connectivity index (χ2v) is 16.2. The lowest BCUT2D eigenvalue weighted by molar-refractivity contribution is -0.133. The van der Waals surface area contributed by atoms with Crippen molar-refractivity contribution in [2.45, 2.75) is 63.6 Å². The number of methoxy groups -OCH3 is 1. The summed E-state index contributed by atoms with van der Waals surface area (Å²) < 4.78 is 28.7. The number of anilines is 1. The molecule has 1 N–H and O–H groups in total. The molecule has 2 aliphatic heterocycles. The van der Waals surface area contributed by atoms with Gasteiger partial charge in [0.05, 0.1) is 24.1 Å². The van der Waals surface area contributed by atoms with Crippen LogP contribution in [0.2, 0.25) is 18.6 Å². The highest BCUT2D eigenvalue weighted by Gasteiger charge is 2.48. The lowest BCUT2D eigenvalue weighted by Gasteiger charge is -2.43. The summed E-state index contributed by atoms with van der Waals surface area (Å²) in [5.41, 5.74) is 3.45. The van der Waals surface area contributed by atoms with Crippen LogP contribution in [-0.2, 0) is 20.9 Å². The Morgan fingerprint density at radius 3 is 2.44 bits per heavy atom. The third kappa shape index (κ3) is 7.35. The number of carbonyl (C=O) groups is 2. The lowest BCUT2D eigenvalue weighted by atomic mass is 9.86. The van der Waals surface area contributed by atoms with E-state index in [1.807, 2.05) is 73.7 Å². The number of rotatable bonds is 11. The molecule has 5 rings (SSSR count). The predicted octanol–water partition coefficient (Wildman–Crippen LogP) is 6.26. The number of hydrazone groups is 1. The van der Waals surface area contributed by atoms with E-state index in [1.54, 1.807) is 37.2 Å². The van der Waals surface area contributed by atoms with E-state index in [-0.39, 0.29) is 37.3 Å². The van der Waals surface area contributed by atoms with Crippen molar-refractivity contribution in [2.75, 3.05) is 25.3 Å². The van der Waals surface area contributed by atoms with Gasteiger partial charge in [0, 0.05) is 56.5 Å². The smallest absolute Gasteiger partial charge is 0.248 e. The van der Waals surface area contributed by atoms with E-state index in [2.05, 4.69) is 0 Å². The molecule has 2 aliphatic rings. The first-order chi connectivity index (χ1) is 21.6. The van der Waals surface area contributed by atoms with Crippen LogP contribution in [0.4, 0.5) is 9.80 Å². The second kappa shape index (κ2) is 14.1. The molecule has 2 amide bonds. The van der Waals surface area contributed by atoms with Crippen LogP contribution in [0.5, 0.6) is 5.75 Å². The summed E-state index contributed by atoms with van der Waals surface area (Å²) in [6, 6.07) is 24.8. The molecule has 4 atom stereocenters. The number of aliphatic hydroxyl groups excluding tert-OH is 1. The molecular weight excluding hydrogens is 589 g/mol. The van der Waals surface area contributed by atoms with Gasteiger partial charge in [0.15, 0.2) is 0 Å². The van der Waals surface area contributed by atoms with E-state index in [4.69, 9.17) is 14.6 Å². The molecule has 0 aliphatic carbocycles. The van der Waals surface area contributed by atoms with Crippen molar-refractivity contribution in [2.24, 2.45) is 11.0 Å². The maximum atomic E-state index is 16.1. The van der Waals surface area contributed by atoms with E-state index in [0.29, 0.717) is 30.8 Å². The summed E-state index contributed by atoms with van der Waals surface area (Å²) in [4.78, 5) is 28.2. The average Bonchev–Trinajstić information content (AvgIpc) is 3.03. The van der Waals surface area contributed by atoms with Gasteiger partial charge in [-0.15, -0.1) is 0 Å². The minimum Gasteiger partial charge on any atom is -0.490 e. The zero-order chi connectivity index (χ0) is 32.1. The number of hydrogen-bond donors (Lipinski definition) is 1. The minimum absolute atomic E-state index is 0.0410. The highest BCUT2D eigenvalue weighted by molar-refractivity contribution is 6.72. The van der Waals surface area contributed by atoms with Gasteiger partial charge >= 0.3 is 0 Å². The molecule has 0 radical (unpaired) electrons. The molecular formula is C35H42FN3O5Si. The Bertz CT molecular complexity index is 1510. The van der Waals surface area contributed by atoms with E-state index < -0.39 is 26.2 Å². The van der Waals surface area contributed by atoms with E-state index >= 15 is 4.11 Å². The Labute approximate surface area is 265 Å². The molecule has 3 aromatic rings. The Morgan fingerprint density at radius 2 is 1.80 bits per heavy atom. The standard InChI is InChI=1S/C35H42FN3O5Si/c1-24-34(43-2)28-21-27(39-32(41)18-16-29(37-39)26-13-9-6-10-14-26)15-17-30(28)44-35(24)31(45(3,4)36)22-33(42)38(19-20-40)23-25-11-7-5-8-12-25/h5-15,17,21,24,31,34-35,40H,16,18-20,22-23H2,1-4H3/t24-,31?,34-,35-/m1/s1. The Hall–Kier alpha value is -3.86. The first kappa shape index (κ1) is 32.5. The monoisotopic (exact) mass is 631 g/mol. The molecule has 0 saturated heterocycles. The number of aliphatic hydroxyl groups is 1. The van der Waals surface area contributed by atoms with Gasteiger partial charge < -0.3 is 23.6 Å². The molecule has 0 spiro atoms. The first-order valence-electron chi connectivity index (χ1n) is 15.5. The van der Waals surface area contributed by atoms with Crippen LogP contribution in [0.3, 0.4) is 0 Å². The lowest BCUT2D eigenvalue weighted by Crippen LogP contribution is -2.48. The average molecular weight is 632 g/mol. The van der Waals surface area contributed by atoms with Crippen LogP contribution >= 0.6 is 0 Å². The van der Waals surface area contributed by atoms with Gasteiger partial charge in [-0.05, 0) is 42.4 Å². The number of hydrogen-bond acceptors (Lipinski definition) is 6. The maximum Gasteiger partial charge on any atom is 0.248 e. The van der Waals surface area contributed by atoms with E-state index in [0.717, 1.165) is 22.4 Å². The fourth-order valence-corrected chi connectivity index (χ4v) is 8.18. The molecule has 0 bridgehead atoms. The molecule has 3 aromatic carbocycles. The van der Waals surface area contributed by atoms with Crippen LogP contribution in [0.15, 0.2) is 84.0 Å². The maximum absolute atomic E-state index is 16.1. The topological polar surface area (TPSA) is 91.7 Å². The largest absolute Gasteiger partial charge is 0.490 e. The van der Waals surface area contributed by atoms with Crippen LogP contribution in [0, 0.1) is 5.92 Å². The summed E-state index contributed by atoms with van der Waals surface area (Å²) in [7, 11) is -1.84. The minimum atomic E-state index is -3.45. The molecule has 2 heterocycles. The Balaban J connectivity index is 1.42. The fraction of sp³-hybridized carbons (Fsp3) is 0.400. The zero-order valence-corrected chi connectivity index (χ0v) is 27.4. The Kier molecular flexibility index (Phi) is 10.2. The van der Waals surface area contributed by atoms with Gasteiger partial charge in [-0.1, -0.05) is 67.6 Å². The summed E-state index contributed by atoms with van der Waals surface area (Å²) >= 11 is 0. The molecule has 8 nitrogen and oxygen atoms in total. The van der Waals surface area contributed by atoms with Gasteiger partial charge in [-0.3, -0.25) is 9.59 Å². The zero-order valence-electron chi connectivity index (χ0n) is 26.4. The molecule has 10 heteroatoms. The quantitative estimate of drug-likeness (QED) is 0.199. The number of halogens is 1. The SMILES string of the molecule is CO[C@H]1c2cc(N3N=C(c4ccccc4)CCC3=O)ccc2O[C@@H](C(CC(=O)N(CCO)Cc2ccccc2)[Si](C)(C)F)[C@@H]1C. The highest BCUT2D eigenvalue weighted by atomic mass is 28.4. The Morgan fingerprint density at radius 1 is 1.11 bits per heavy atom. The molecule has 0 fully saturated rings. The highest BCUT2D eigenvalue weighted by Crippen LogP contribution is 2.48. The third-order valence-electron chi connectivity index (χ3n) is 8.81. The summed E-state index contributed by atoms with van der Waals surface area (Å²) in [5.74, 6) is -0.0766. The molecule has 45 heavy (non-hydrogen) atoms. The van der Waals surface area contributed by atoms with E-state index in [1.165, 1.54) is 5.01 Å². The molecule has 238 valence electrons. The van der Waals surface area contributed by atoms with Crippen molar-refractivity contribution in [1.29, 1.82) is 0 Å². The van der Waals surface area contributed by atoms with Crippen molar-refractivity contribution in [3.05, 3.63) is 95.6 Å². The summed E-state index contributed by atoms with van der Waals surface area (Å²) in [6.07, 6.45) is -0.201. The third-order valence-corrected chi connectivity index (χ3v) is 11.1. The van der Waals surface area contributed by atoms with Crippen LogP contribution < -0.4 is 9.75 Å². The second-order valence-electron chi connectivity index (χ2n) is 12.3. The van der Waals surface area contributed by atoms with Gasteiger partial charge in [0.2, 0.25) is 20.2 Å². The summed E-state index contributed by atoms with van der Waals surface area (Å²) in [6.45, 7) is 5.48. The van der Waals surface area contributed by atoms with Crippen molar-refractivity contribution in [1.82, 2.24) is 4.90 Å². The van der Waals surface area contributed by atoms with Crippen molar-refractivity contribution >= 4 is 31.6 Å². The van der Waals surface area contributed by atoms with Gasteiger partial charge in [-0.25, -0.2) is 5.01 Å². The van der Waals surface area contributed by atoms with Crippen LogP contribution in [-0.4, -0.2) is 62.3 Å². The van der Waals surface area contributed by atoms with Gasteiger partial charge in [0.1, 0.15) is 11.9 Å². The number of carbonyl (C=O) groups excluding carboxylic acids is 2. The number of amides is 2. The molecule has 1 unspecified atom stereocenters. The normalized spacial score (nSPS) is 20.6. The van der Waals surface area contributed by atoms with Crippen molar-refractivity contribution < 1.29 is 28.3 Å². The molecule has 0 aromatic heterocycles. The first-order valence-corrected chi connectivity index (χ1v) is 18.5. The van der Waals surface area contributed by atoms with E-state index in [9.17, 15) is 14.7 Å².